The van der Waals surface area contributed by atoms with Crippen molar-refractivity contribution in [1.29, 1.82) is 0 Å². The van der Waals surface area contributed by atoms with Crippen molar-refractivity contribution in [2.24, 2.45) is 11.3 Å². The Morgan fingerprint density at radius 3 is 2.00 bits per heavy atom. The van der Waals surface area contributed by atoms with Crippen LogP contribution in [0, 0.1) is 11.3 Å². The predicted octanol–water partition coefficient (Wildman–Crippen LogP) is 3.18. The van der Waals surface area contributed by atoms with Gasteiger partial charge in [-0.1, -0.05) is 20.8 Å². The first-order valence-corrected chi connectivity index (χ1v) is 8.63. The molecule has 1 aliphatic rings. The zero-order valence-corrected chi connectivity index (χ0v) is 15.9. The molecule has 1 heterocycles. The van der Waals surface area contributed by atoms with Crippen molar-refractivity contribution >= 4 is 11.9 Å². The Hall–Kier alpha value is -1.10. The second kappa shape index (κ2) is 7.65. The molecule has 0 radical (unpaired) electrons. The highest BCUT2D eigenvalue weighted by molar-refractivity contribution is 5.78. The van der Waals surface area contributed by atoms with E-state index in [1.54, 1.807) is 11.8 Å². The van der Waals surface area contributed by atoms with E-state index in [0.29, 0.717) is 13.1 Å². The Labute approximate surface area is 141 Å². The number of rotatable bonds is 5. The third-order valence-electron chi connectivity index (χ3n) is 4.88. The number of nitrogens with zero attached hydrogens (tertiary/aromatic N) is 2. The minimum absolute atomic E-state index is 0.00807. The molecule has 1 unspecified atom stereocenters. The summed E-state index contributed by atoms with van der Waals surface area (Å²) < 4.78 is 5.42. The molecule has 0 saturated carbocycles. The first-order chi connectivity index (χ1) is 10.4. The maximum absolute atomic E-state index is 12.0. The van der Waals surface area contributed by atoms with Crippen molar-refractivity contribution in [3.8, 4) is 0 Å². The molecule has 0 aromatic rings. The van der Waals surface area contributed by atoms with Gasteiger partial charge in [0.05, 0.1) is 0 Å². The van der Waals surface area contributed by atoms with Crippen LogP contribution in [-0.2, 0) is 9.53 Å². The minimum Gasteiger partial charge on any atom is -0.444 e. The second-order valence-corrected chi connectivity index (χ2v) is 8.38. The maximum atomic E-state index is 12.0. The van der Waals surface area contributed by atoms with Gasteiger partial charge in [-0.25, -0.2) is 4.79 Å². The van der Waals surface area contributed by atoms with E-state index in [0.717, 1.165) is 26.1 Å². The largest absolute Gasteiger partial charge is 0.444 e. The SMILES string of the molecule is CC(=O)C(C)C(C)(C)CCN1CCN(C(=O)OC(C)(C)C)CC1. The summed E-state index contributed by atoms with van der Waals surface area (Å²) in [5.74, 6) is 0.329. The number of amides is 1. The zero-order chi connectivity index (χ0) is 17.8. The third kappa shape index (κ3) is 6.50. The average molecular weight is 326 g/mol. The number of ketones is 1. The molecule has 5 nitrogen and oxygen atoms in total. The first kappa shape index (κ1) is 19.9. The molecule has 134 valence electrons. The van der Waals surface area contributed by atoms with Gasteiger partial charge in [0.1, 0.15) is 11.4 Å². The van der Waals surface area contributed by atoms with Crippen molar-refractivity contribution in [2.45, 2.75) is 60.5 Å². The van der Waals surface area contributed by atoms with Crippen LogP contribution in [-0.4, -0.2) is 60.0 Å². The van der Waals surface area contributed by atoms with Crippen molar-refractivity contribution < 1.29 is 14.3 Å². The molecule has 1 rings (SSSR count). The molecule has 0 aromatic carbocycles. The number of piperazine rings is 1. The number of hydrogen-bond acceptors (Lipinski definition) is 4. The Morgan fingerprint density at radius 2 is 1.57 bits per heavy atom. The molecule has 0 bridgehead atoms. The maximum Gasteiger partial charge on any atom is 0.410 e. The quantitative estimate of drug-likeness (QED) is 0.778. The van der Waals surface area contributed by atoms with Crippen LogP contribution in [0.3, 0.4) is 0 Å². The fourth-order valence-corrected chi connectivity index (χ4v) is 2.69. The summed E-state index contributed by atoms with van der Waals surface area (Å²) in [5.41, 5.74) is -0.435. The van der Waals surface area contributed by atoms with Gasteiger partial charge in [0.15, 0.2) is 0 Å². The van der Waals surface area contributed by atoms with Gasteiger partial charge in [-0.3, -0.25) is 9.69 Å². The summed E-state index contributed by atoms with van der Waals surface area (Å²) in [6.07, 6.45) is 0.767. The molecule has 0 spiro atoms. The molecule has 1 fully saturated rings. The number of Topliss-reactive ketones (excluding diaryl/α,β-unsaturated/α-hetero) is 1. The molecule has 0 aromatic heterocycles. The highest BCUT2D eigenvalue weighted by Gasteiger charge is 2.31. The van der Waals surface area contributed by atoms with Crippen LogP contribution in [0.1, 0.15) is 54.9 Å². The summed E-state index contributed by atoms with van der Waals surface area (Å²) >= 11 is 0. The lowest BCUT2D eigenvalue weighted by atomic mass is 9.75. The van der Waals surface area contributed by atoms with E-state index in [4.69, 9.17) is 4.74 Å². The van der Waals surface area contributed by atoms with Crippen LogP contribution in [0.25, 0.3) is 0 Å². The topological polar surface area (TPSA) is 49.9 Å². The zero-order valence-electron chi connectivity index (χ0n) is 15.9. The lowest BCUT2D eigenvalue weighted by Crippen LogP contribution is -2.50. The lowest BCUT2D eigenvalue weighted by molar-refractivity contribution is -0.123. The smallest absolute Gasteiger partial charge is 0.410 e. The molecule has 1 atom stereocenters. The van der Waals surface area contributed by atoms with Crippen molar-refractivity contribution in [2.75, 3.05) is 32.7 Å². The van der Waals surface area contributed by atoms with Crippen LogP contribution in [0.5, 0.6) is 0 Å². The van der Waals surface area contributed by atoms with Crippen molar-refractivity contribution in [3.63, 3.8) is 0 Å². The van der Waals surface area contributed by atoms with Crippen LogP contribution < -0.4 is 0 Å². The van der Waals surface area contributed by atoms with Gasteiger partial charge < -0.3 is 9.64 Å². The van der Waals surface area contributed by atoms with Gasteiger partial charge >= 0.3 is 6.09 Å². The predicted molar refractivity (Wildman–Crippen MR) is 92.5 cm³/mol. The van der Waals surface area contributed by atoms with E-state index in [2.05, 4.69) is 18.7 Å². The summed E-state index contributed by atoms with van der Waals surface area (Å²) in [6.45, 7) is 17.8. The number of carbonyl (C=O) groups is 2. The van der Waals surface area contributed by atoms with Crippen LogP contribution in [0.15, 0.2) is 0 Å². The van der Waals surface area contributed by atoms with Crippen LogP contribution >= 0.6 is 0 Å². The van der Waals surface area contributed by atoms with E-state index in [1.165, 1.54) is 0 Å². The Balaban J connectivity index is 2.40. The Bertz CT molecular complexity index is 418. The molecular weight excluding hydrogens is 292 g/mol. The fourth-order valence-electron chi connectivity index (χ4n) is 2.69. The molecule has 1 amide bonds. The molecule has 0 N–H and O–H groups in total. The van der Waals surface area contributed by atoms with Crippen molar-refractivity contribution in [3.05, 3.63) is 0 Å². The first-order valence-electron chi connectivity index (χ1n) is 8.63. The summed E-state index contributed by atoms with van der Waals surface area (Å²) in [6, 6.07) is 0. The molecular formula is C18H34N2O3. The number of carbonyl (C=O) groups excluding carboxylic acids is 2. The lowest BCUT2D eigenvalue weighted by Gasteiger charge is -2.38. The van der Waals surface area contributed by atoms with Crippen LogP contribution in [0.4, 0.5) is 4.79 Å². The Morgan fingerprint density at radius 1 is 1.04 bits per heavy atom. The van der Waals surface area contributed by atoms with Gasteiger partial charge in [-0.05, 0) is 46.1 Å². The molecule has 1 aliphatic heterocycles. The van der Waals surface area contributed by atoms with Gasteiger partial charge in [0.25, 0.3) is 0 Å². The molecule has 0 aliphatic carbocycles. The van der Waals surface area contributed by atoms with Gasteiger partial charge in [0.2, 0.25) is 0 Å². The molecule has 1 saturated heterocycles. The van der Waals surface area contributed by atoms with Gasteiger partial charge in [0, 0.05) is 32.1 Å². The van der Waals surface area contributed by atoms with Crippen molar-refractivity contribution in [1.82, 2.24) is 9.80 Å². The second-order valence-electron chi connectivity index (χ2n) is 8.38. The summed E-state index contributed by atoms with van der Waals surface area (Å²) in [7, 11) is 0. The average Bonchev–Trinajstić information content (AvgIpc) is 2.43. The van der Waals surface area contributed by atoms with E-state index >= 15 is 0 Å². The minimum atomic E-state index is -0.443. The fraction of sp³-hybridized carbons (Fsp3) is 0.889. The van der Waals surface area contributed by atoms with E-state index in [9.17, 15) is 9.59 Å². The van der Waals surface area contributed by atoms with E-state index in [1.807, 2.05) is 27.7 Å². The highest BCUT2D eigenvalue weighted by atomic mass is 16.6. The number of hydrogen-bond donors (Lipinski definition) is 0. The summed E-state index contributed by atoms with van der Waals surface area (Å²) in [4.78, 5) is 27.8. The van der Waals surface area contributed by atoms with E-state index in [-0.39, 0.29) is 23.2 Å². The molecule has 23 heavy (non-hydrogen) atoms. The third-order valence-corrected chi connectivity index (χ3v) is 4.88. The standard InChI is InChI=1S/C18H34N2O3/c1-14(15(2)21)18(6,7)8-9-19-10-12-20(13-11-19)16(22)23-17(3,4)5/h14H,8-13H2,1-7H3. The molecule has 5 heteroatoms. The van der Waals surface area contributed by atoms with E-state index < -0.39 is 5.60 Å². The van der Waals surface area contributed by atoms with Crippen LogP contribution in [0.2, 0.25) is 0 Å². The normalized spacial score (nSPS) is 18.7. The Kier molecular flexibility index (Phi) is 6.63. The summed E-state index contributed by atoms with van der Waals surface area (Å²) in [5, 5.41) is 0. The number of ether oxygens (including phenoxy) is 1. The highest BCUT2D eigenvalue weighted by Crippen LogP contribution is 2.31. The monoisotopic (exact) mass is 326 g/mol. The van der Waals surface area contributed by atoms with Gasteiger partial charge in [-0.2, -0.15) is 0 Å². The van der Waals surface area contributed by atoms with Gasteiger partial charge in [-0.15, -0.1) is 0 Å².